The van der Waals surface area contributed by atoms with Crippen molar-refractivity contribution in [3.63, 3.8) is 0 Å². The Balaban J connectivity index is 2.16. The van der Waals surface area contributed by atoms with Crippen molar-refractivity contribution in [3.05, 3.63) is 41.3 Å². The molecule has 0 amide bonds. The van der Waals surface area contributed by atoms with Crippen molar-refractivity contribution in [2.24, 2.45) is 0 Å². The molecule has 1 atom stereocenters. The minimum Gasteiger partial charge on any atom is -0.467 e. The Kier molecular flexibility index (Phi) is 4.18. The summed E-state index contributed by atoms with van der Waals surface area (Å²) in [7, 11) is 0. The number of aryl methyl sites for hydroxylation is 1. The highest BCUT2D eigenvalue weighted by atomic mass is 16.5. The highest BCUT2D eigenvalue weighted by Crippen LogP contribution is 2.37. The van der Waals surface area contributed by atoms with E-state index in [4.69, 9.17) is 9.15 Å². The number of carbonyl (C=O) groups is 1. The van der Waals surface area contributed by atoms with Crippen LogP contribution in [0.1, 0.15) is 44.3 Å². The van der Waals surface area contributed by atoms with Crippen molar-refractivity contribution in [1.82, 2.24) is 14.8 Å². The molecule has 0 radical (unpaired) electrons. The van der Waals surface area contributed by atoms with E-state index in [1.807, 2.05) is 13.0 Å². The van der Waals surface area contributed by atoms with Gasteiger partial charge in [0.15, 0.2) is 0 Å². The molecular formula is C16H20N4O3. The lowest BCUT2D eigenvalue weighted by molar-refractivity contribution is -0.139. The summed E-state index contributed by atoms with van der Waals surface area (Å²) in [4.78, 5) is 17.0. The SMILES string of the molecule is CCCC1=C(C(=O)OCC)C(c2ccco2)n2nc(C)nc2N1. The predicted molar refractivity (Wildman–Crippen MR) is 83.8 cm³/mol. The summed E-state index contributed by atoms with van der Waals surface area (Å²) < 4.78 is 12.5. The third-order valence-corrected chi connectivity index (χ3v) is 3.65. The molecule has 0 aliphatic carbocycles. The summed E-state index contributed by atoms with van der Waals surface area (Å²) in [6.07, 6.45) is 3.20. The average molecular weight is 316 g/mol. The van der Waals surface area contributed by atoms with Crippen molar-refractivity contribution in [1.29, 1.82) is 0 Å². The van der Waals surface area contributed by atoms with Crippen LogP contribution < -0.4 is 5.32 Å². The third kappa shape index (κ3) is 2.74. The van der Waals surface area contributed by atoms with Crippen LogP contribution >= 0.6 is 0 Å². The molecule has 7 heteroatoms. The standard InChI is InChI=1S/C16H20N4O3/c1-4-7-11-13(15(21)22-5-2)14(12-8-6-9-23-12)20-16(18-11)17-10(3)19-20/h6,8-9,14H,4-5,7H2,1-3H3,(H,17,18,19). The molecule has 0 fully saturated rings. The van der Waals surface area contributed by atoms with E-state index in [1.165, 1.54) is 0 Å². The van der Waals surface area contributed by atoms with E-state index in [0.29, 0.717) is 29.7 Å². The van der Waals surface area contributed by atoms with E-state index in [-0.39, 0.29) is 5.97 Å². The van der Waals surface area contributed by atoms with Gasteiger partial charge in [0.2, 0.25) is 5.95 Å². The minimum atomic E-state index is -0.469. The first-order chi connectivity index (χ1) is 11.2. The van der Waals surface area contributed by atoms with Gasteiger partial charge in [0, 0.05) is 5.70 Å². The molecule has 1 N–H and O–H groups in total. The van der Waals surface area contributed by atoms with Gasteiger partial charge in [-0.15, -0.1) is 0 Å². The number of allylic oxidation sites excluding steroid dienone is 1. The normalized spacial score (nSPS) is 16.9. The van der Waals surface area contributed by atoms with Gasteiger partial charge >= 0.3 is 5.97 Å². The second-order valence-electron chi connectivity index (χ2n) is 5.33. The van der Waals surface area contributed by atoms with Gasteiger partial charge in [-0.1, -0.05) is 13.3 Å². The van der Waals surface area contributed by atoms with Gasteiger partial charge in [-0.25, -0.2) is 9.48 Å². The molecule has 1 aliphatic heterocycles. The Morgan fingerprint density at radius 3 is 2.96 bits per heavy atom. The van der Waals surface area contributed by atoms with Gasteiger partial charge in [0.1, 0.15) is 17.6 Å². The maximum absolute atomic E-state index is 12.6. The third-order valence-electron chi connectivity index (χ3n) is 3.65. The second kappa shape index (κ2) is 6.28. The summed E-state index contributed by atoms with van der Waals surface area (Å²) in [6, 6.07) is 3.16. The van der Waals surface area contributed by atoms with Crippen molar-refractivity contribution >= 4 is 11.9 Å². The van der Waals surface area contributed by atoms with E-state index in [2.05, 4.69) is 22.3 Å². The summed E-state index contributed by atoms with van der Waals surface area (Å²) in [5.41, 5.74) is 1.34. The zero-order valence-electron chi connectivity index (χ0n) is 13.5. The van der Waals surface area contributed by atoms with Gasteiger partial charge in [0.05, 0.1) is 18.4 Å². The van der Waals surface area contributed by atoms with E-state index in [1.54, 1.807) is 23.9 Å². The lowest BCUT2D eigenvalue weighted by atomic mass is 9.98. The van der Waals surface area contributed by atoms with Crippen molar-refractivity contribution in [2.75, 3.05) is 11.9 Å². The fourth-order valence-electron chi connectivity index (χ4n) is 2.79. The number of nitrogens with zero attached hydrogens (tertiary/aromatic N) is 3. The van der Waals surface area contributed by atoms with Crippen molar-refractivity contribution in [3.8, 4) is 0 Å². The van der Waals surface area contributed by atoms with Gasteiger partial charge in [0.25, 0.3) is 0 Å². The molecular weight excluding hydrogens is 296 g/mol. The number of hydrogen-bond acceptors (Lipinski definition) is 6. The Morgan fingerprint density at radius 1 is 1.48 bits per heavy atom. The van der Waals surface area contributed by atoms with Crippen LogP contribution in [0.2, 0.25) is 0 Å². The van der Waals surface area contributed by atoms with Crippen LogP contribution in [0.5, 0.6) is 0 Å². The molecule has 23 heavy (non-hydrogen) atoms. The lowest BCUT2D eigenvalue weighted by Gasteiger charge is -2.27. The highest BCUT2D eigenvalue weighted by molar-refractivity contribution is 5.92. The topological polar surface area (TPSA) is 82.2 Å². The molecule has 0 saturated heterocycles. The van der Waals surface area contributed by atoms with E-state index in [9.17, 15) is 4.79 Å². The number of esters is 1. The molecule has 0 saturated carbocycles. The van der Waals surface area contributed by atoms with Crippen LogP contribution in [0.15, 0.2) is 34.1 Å². The lowest BCUT2D eigenvalue weighted by Crippen LogP contribution is -2.30. The molecule has 0 aromatic carbocycles. The number of fused-ring (bicyclic) bond motifs is 1. The molecule has 1 unspecified atom stereocenters. The molecule has 2 aromatic rings. The molecule has 122 valence electrons. The Morgan fingerprint density at radius 2 is 2.30 bits per heavy atom. The summed E-state index contributed by atoms with van der Waals surface area (Å²) in [5, 5.41) is 7.64. The first-order valence-electron chi connectivity index (χ1n) is 7.79. The monoisotopic (exact) mass is 316 g/mol. The molecule has 7 nitrogen and oxygen atoms in total. The van der Waals surface area contributed by atoms with E-state index >= 15 is 0 Å². The van der Waals surface area contributed by atoms with Gasteiger partial charge in [-0.05, 0) is 32.4 Å². The summed E-state index contributed by atoms with van der Waals surface area (Å²) in [6.45, 7) is 5.98. The number of hydrogen-bond donors (Lipinski definition) is 1. The van der Waals surface area contributed by atoms with Crippen LogP contribution in [0, 0.1) is 6.92 Å². The largest absolute Gasteiger partial charge is 0.467 e. The van der Waals surface area contributed by atoms with Crippen molar-refractivity contribution in [2.45, 2.75) is 39.7 Å². The number of furan rings is 1. The molecule has 3 heterocycles. The van der Waals surface area contributed by atoms with Crippen LogP contribution in [-0.4, -0.2) is 27.3 Å². The maximum atomic E-state index is 12.6. The summed E-state index contributed by atoms with van der Waals surface area (Å²) in [5.74, 6) is 1.52. The Hall–Kier alpha value is -2.57. The quantitative estimate of drug-likeness (QED) is 0.854. The zero-order chi connectivity index (χ0) is 16.4. The fraction of sp³-hybridized carbons (Fsp3) is 0.438. The number of anilines is 1. The number of nitrogens with one attached hydrogen (secondary N) is 1. The Labute approximate surface area is 134 Å². The molecule has 0 bridgehead atoms. The molecule has 1 aliphatic rings. The maximum Gasteiger partial charge on any atom is 0.338 e. The zero-order valence-corrected chi connectivity index (χ0v) is 13.5. The first-order valence-corrected chi connectivity index (χ1v) is 7.79. The highest BCUT2D eigenvalue weighted by Gasteiger charge is 2.37. The van der Waals surface area contributed by atoms with Crippen LogP contribution in [0.3, 0.4) is 0 Å². The number of rotatable bonds is 5. The van der Waals surface area contributed by atoms with Crippen LogP contribution in [-0.2, 0) is 9.53 Å². The Bertz CT molecular complexity index is 731. The predicted octanol–water partition coefficient (Wildman–Crippen LogP) is 2.81. The molecule has 0 spiro atoms. The van der Waals surface area contributed by atoms with Gasteiger partial charge in [-0.3, -0.25) is 0 Å². The van der Waals surface area contributed by atoms with Crippen LogP contribution in [0.4, 0.5) is 5.95 Å². The minimum absolute atomic E-state index is 0.315. The summed E-state index contributed by atoms with van der Waals surface area (Å²) >= 11 is 0. The molecule has 2 aromatic heterocycles. The first kappa shape index (κ1) is 15.3. The average Bonchev–Trinajstić information content (AvgIpc) is 3.14. The number of ether oxygens (including phenoxy) is 1. The number of carbonyl (C=O) groups excluding carboxylic acids is 1. The van der Waals surface area contributed by atoms with Gasteiger partial charge in [-0.2, -0.15) is 10.1 Å². The van der Waals surface area contributed by atoms with Crippen LogP contribution in [0.25, 0.3) is 0 Å². The smallest absolute Gasteiger partial charge is 0.338 e. The van der Waals surface area contributed by atoms with E-state index in [0.717, 1.165) is 18.5 Å². The van der Waals surface area contributed by atoms with Crippen molar-refractivity contribution < 1.29 is 13.9 Å². The van der Waals surface area contributed by atoms with E-state index < -0.39 is 6.04 Å². The van der Waals surface area contributed by atoms with Gasteiger partial charge < -0.3 is 14.5 Å². The number of aromatic nitrogens is 3. The fourth-order valence-corrected chi connectivity index (χ4v) is 2.79. The molecule has 3 rings (SSSR count). The second-order valence-corrected chi connectivity index (χ2v) is 5.33.